The maximum Gasteiger partial charge on any atom is 0.251 e. The molecule has 148 valence electrons. The lowest BCUT2D eigenvalue weighted by Gasteiger charge is -2.14. The van der Waals surface area contributed by atoms with E-state index in [1.54, 1.807) is 31.2 Å². The van der Waals surface area contributed by atoms with Gasteiger partial charge in [-0.3, -0.25) is 14.4 Å². The molecule has 0 aliphatic carbocycles. The fourth-order valence-electron chi connectivity index (χ4n) is 2.49. The molecular formula is C22H27N3O3. The van der Waals surface area contributed by atoms with Crippen molar-refractivity contribution in [1.82, 2.24) is 10.6 Å². The van der Waals surface area contributed by atoms with Gasteiger partial charge in [-0.1, -0.05) is 44.2 Å². The first-order valence-electron chi connectivity index (χ1n) is 9.37. The summed E-state index contributed by atoms with van der Waals surface area (Å²) >= 11 is 0. The molecule has 6 nitrogen and oxygen atoms in total. The minimum atomic E-state index is -0.277. The highest BCUT2D eigenvalue weighted by Gasteiger charge is 2.13. The molecule has 3 N–H and O–H groups in total. The highest BCUT2D eigenvalue weighted by Crippen LogP contribution is 2.11. The summed E-state index contributed by atoms with van der Waals surface area (Å²) < 4.78 is 0. The van der Waals surface area contributed by atoms with Gasteiger partial charge in [0.1, 0.15) is 0 Å². The van der Waals surface area contributed by atoms with Crippen molar-refractivity contribution in [2.45, 2.75) is 39.8 Å². The Balaban J connectivity index is 1.75. The lowest BCUT2D eigenvalue weighted by atomic mass is 10.1. The number of carbonyl (C=O) groups excluding carboxylic acids is 3. The van der Waals surface area contributed by atoms with E-state index in [1.165, 1.54) is 0 Å². The molecule has 0 saturated heterocycles. The summed E-state index contributed by atoms with van der Waals surface area (Å²) in [6.45, 7) is 5.86. The van der Waals surface area contributed by atoms with Crippen molar-refractivity contribution in [2.75, 3.05) is 5.32 Å². The molecular weight excluding hydrogens is 354 g/mol. The molecule has 1 unspecified atom stereocenters. The molecule has 0 spiro atoms. The van der Waals surface area contributed by atoms with Gasteiger partial charge in [-0.05, 0) is 36.8 Å². The molecule has 0 bridgehead atoms. The molecule has 0 aliphatic heterocycles. The first kappa shape index (κ1) is 21.2. The van der Waals surface area contributed by atoms with E-state index in [0.29, 0.717) is 12.1 Å². The largest absolute Gasteiger partial charge is 0.352 e. The van der Waals surface area contributed by atoms with Crippen LogP contribution < -0.4 is 16.0 Å². The molecule has 2 aromatic carbocycles. The molecule has 0 heterocycles. The topological polar surface area (TPSA) is 87.3 Å². The fourth-order valence-corrected chi connectivity index (χ4v) is 2.49. The number of hydrogen-bond donors (Lipinski definition) is 3. The molecule has 0 saturated carbocycles. The van der Waals surface area contributed by atoms with Crippen LogP contribution in [-0.2, 0) is 16.1 Å². The Kier molecular flexibility index (Phi) is 7.75. The smallest absolute Gasteiger partial charge is 0.251 e. The van der Waals surface area contributed by atoms with Crippen LogP contribution in [0.25, 0.3) is 0 Å². The number of rotatable bonds is 8. The Morgan fingerprint density at radius 1 is 0.893 bits per heavy atom. The van der Waals surface area contributed by atoms with Gasteiger partial charge in [0.25, 0.3) is 5.91 Å². The van der Waals surface area contributed by atoms with Crippen molar-refractivity contribution in [3.05, 3.63) is 65.7 Å². The number of anilines is 1. The van der Waals surface area contributed by atoms with E-state index < -0.39 is 0 Å². The summed E-state index contributed by atoms with van der Waals surface area (Å²) in [4.78, 5) is 35.9. The van der Waals surface area contributed by atoms with E-state index in [4.69, 9.17) is 0 Å². The third kappa shape index (κ3) is 6.87. The van der Waals surface area contributed by atoms with Gasteiger partial charge >= 0.3 is 0 Å². The van der Waals surface area contributed by atoms with Crippen LogP contribution in [0.2, 0.25) is 0 Å². The SMILES string of the molecule is CC(CC(=O)NCc1ccc(NC(=O)C(C)C)cc1)NC(=O)c1ccccc1. The number of benzene rings is 2. The summed E-state index contributed by atoms with van der Waals surface area (Å²) in [7, 11) is 0. The lowest BCUT2D eigenvalue weighted by Crippen LogP contribution is -2.37. The third-order valence-electron chi connectivity index (χ3n) is 4.14. The van der Waals surface area contributed by atoms with Gasteiger partial charge in [-0.2, -0.15) is 0 Å². The second-order valence-electron chi connectivity index (χ2n) is 7.06. The number of nitrogens with one attached hydrogen (secondary N) is 3. The molecule has 0 fully saturated rings. The minimum Gasteiger partial charge on any atom is -0.352 e. The Morgan fingerprint density at radius 2 is 1.54 bits per heavy atom. The summed E-state index contributed by atoms with van der Waals surface area (Å²) in [6, 6.07) is 16.0. The summed E-state index contributed by atoms with van der Waals surface area (Å²) in [5.74, 6) is -0.450. The van der Waals surface area contributed by atoms with Crippen LogP contribution in [0.1, 0.15) is 43.1 Å². The van der Waals surface area contributed by atoms with Crippen molar-refractivity contribution in [1.29, 1.82) is 0 Å². The van der Waals surface area contributed by atoms with E-state index in [1.807, 2.05) is 44.2 Å². The van der Waals surface area contributed by atoms with Gasteiger partial charge < -0.3 is 16.0 Å². The van der Waals surface area contributed by atoms with Crippen LogP contribution in [0.4, 0.5) is 5.69 Å². The maximum atomic E-state index is 12.1. The summed E-state index contributed by atoms with van der Waals surface area (Å²) in [5, 5.41) is 8.49. The van der Waals surface area contributed by atoms with Crippen molar-refractivity contribution in [3.8, 4) is 0 Å². The summed E-state index contributed by atoms with van der Waals surface area (Å²) in [5.41, 5.74) is 2.22. The van der Waals surface area contributed by atoms with Crippen molar-refractivity contribution >= 4 is 23.4 Å². The van der Waals surface area contributed by atoms with E-state index in [0.717, 1.165) is 11.3 Å². The Bertz CT molecular complexity index is 802. The van der Waals surface area contributed by atoms with E-state index in [2.05, 4.69) is 16.0 Å². The van der Waals surface area contributed by atoms with Crippen LogP contribution in [0.5, 0.6) is 0 Å². The molecule has 6 heteroatoms. The normalized spacial score (nSPS) is 11.6. The second kappa shape index (κ2) is 10.3. The highest BCUT2D eigenvalue weighted by molar-refractivity contribution is 5.94. The molecule has 3 amide bonds. The first-order chi connectivity index (χ1) is 13.3. The monoisotopic (exact) mass is 381 g/mol. The molecule has 2 rings (SSSR count). The quantitative estimate of drug-likeness (QED) is 0.657. The zero-order chi connectivity index (χ0) is 20.5. The van der Waals surface area contributed by atoms with Gasteiger partial charge in [0.15, 0.2) is 0 Å². The average Bonchev–Trinajstić information content (AvgIpc) is 2.67. The van der Waals surface area contributed by atoms with Gasteiger partial charge in [-0.15, -0.1) is 0 Å². The molecule has 1 atom stereocenters. The minimum absolute atomic E-state index is 0.0346. The standard InChI is InChI=1S/C22H27N3O3/c1-15(2)21(27)25-19-11-9-17(10-12-19)14-23-20(26)13-16(3)24-22(28)18-7-5-4-6-8-18/h4-12,15-16H,13-14H2,1-3H3,(H,23,26)(H,24,28)(H,25,27). The molecule has 0 radical (unpaired) electrons. The maximum absolute atomic E-state index is 12.1. The van der Waals surface area contributed by atoms with E-state index in [9.17, 15) is 14.4 Å². The summed E-state index contributed by atoms with van der Waals surface area (Å²) in [6.07, 6.45) is 0.196. The molecule has 28 heavy (non-hydrogen) atoms. The van der Waals surface area contributed by atoms with Crippen LogP contribution in [0, 0.1) is 5.92 Å². The highest BCUT2D eigenvalue weighted by atomic mass is 16.2. The average molecular weight is 381 g/mol. The van der Waals surface area contributed by atoms with Gasteiger partial charge in [0.2, 0.25) is 11.8 Å². The van der Waals surface area contributed by atoms with Crippen molar-refractivity contribution in [2.24, 2.45) is 5.92 Å². The van der Waals surface area contributed by atoms with Crippen LogP contribution >= 0.6 is 0 Å². The van der Waals surface area contributed by atoms with Crippen LogP contribution in [0.3, 0.4) is 0 Å². The Morgan fingerprint density at radius 3 is 2.14 bits per heavy atom. The van der Waals surface area contributed by atoms with Crippen molar-refractivity contribution in [3.63, 3.8) is 0 Å². The van der Waals surface area contributed by atoms with Gasteiger partial charge in [0, 0.05) is 36.2 Å². The van der Waals surface area contributed by atoms with Crippen LogP contribution in [0.15, 0.2) is 54.6 Å². The fraction of sp³-hybridized carbons (Fsp3) is 0.318. The number of hydrogen-bond acceptors (Lipinski definition) is 3. The van der Waals surface area contributed by atoms with Crippen LogP contribution in [-0.4, -0.2) is 23.8 Å². The van der Waals surface area contributed by atoms with E-state index >= 15 is 0 Å². The molecule has 2 aromatic rings. The zero-order valence-corrected chi connectivity index (χ0v) is 16.5. The van der Waals surface area contributed by atoms with Crippen molar-refractivity contribution < 1.29 is 14.4 Å². The van der Waals surface area contributed by atoms with E-state index in [-0.39, 0.29) is 36.1 Å². The Labute approximate surface area is 165 Å². The second-order valence-corrected chi connectivity index (χ2v) is 7.06. The van der Waals surface area contributed by atoms with Gasteiger partial charge in [0.05, 0.1) is 0 Å². The lowest BCUT2D eigenvalue weighted by molar-refractivity contribution is -0.121. The molecule has 0 aromatic heterocycles. The number of carbonyl (C=O) groups is 3. The predicted octanol–water partition coefficient (Wildman–Crippen LogP) is 3.11. The third-order valence-corrected chi connectivity index (χ3v) is 4.14. The predicted molar refractivity (Wildman–Crippen MR) is 110 cm³/mol. The number of amides is 3. The molecule has 0 aliphatic rings. The zero-order valence-electron chi connectivity index (χ0n) is 16.5. The first-order valence-corrected chi connectivity index (χ1v) is 9.37. The Hall–Kier alpha value is -3.15. The van der Waals surface area contributed by atoms with Gasteiger partial charge in [-0.25, -0.2) is 0 Å².